The van der Waals surface area contributed by atoms with Gasteiger partial charge in [-0.3, -0.25) is 0 Å². The van der Waals surface area contributed by atoms with Crippen LogP contribution < -0.4 is 14.8 Å². The summed E-state index contributed by atoms with van der Waals surface area (Å²) >= 11 is 0. The molecule has 17 heteroatoms. The molecule has 2 aliphatic heterocycles. The van der Waals surface area contributed by atoms with Gasteiger partial charge in [-0.05, 0) is 107 Å². The van der Waals surface area contributed by atoms with Crippen LogP contribution in [0.5, 0.6) is 11.5 Å². The summed E-state index contributed by atoms with van der Waals surface area (Å²) in [6, 6.07) is 18.0. The molecule has 58 heavy (non-hydrogen) atoms. The molecule has 3 N–H and O–H groups in total. The minimum Gasteiger partial charge on any atom is -0.492 e. The minimum atomic E-state index is -4.03. The van der Waals surface area contributed by atoms with Gasteiger partial charge in [-0.1, -0.05) is 36.4 Å². The van der Waals surface area contributed by atoms with Crippen molar-refractivity contribution in [3.8, 4) is 22.6 Å². The molecule has 2 heterocycles. The summed E-state index contributed by atoms with van der Waals surface area (Å²) in [7, 11) is -7.46. The number of sulfone groups is 1. The maximum atomic E-state index is 14.2. The highest BCUT2D eigenvalue weighted by atomic mass is 32.2. The highest BCUT2D eigenvalue weighted by Crippen LogP contribution is 2.41. The first-order chi connectivity index (χ1) is 27.4. The zero-order valence-electron chi connectivity index (χ0n) is 33.3. The number of benzene rings is 3. The average molecular weight is 844 g/mol. The van der Waals surface area contributed by atoms with Gasteiger partial charge in [-0.2, -0.15) is 4.31 Å². The Bertz CT molecular complexity index is 2160. The van der Waals surface area contributed by atoms with Crippen molar-refractivity contribution in [3.63, 3.8) is 0 Å². The number of sulfonamides is 1. The Morgan fingerprint density at radius 3 is 2.31 bits per heavy atom. The number of nitrogens with zero attached hydrogens (tertiary/aromatic N) is 2. The Hall–Kier alpha value is -4.42. The van der Waals surface area contributed by atoms with E-state index >= 15 is 0 Å². The minimum absolute atomic E-state index is 0.0354. The van der Waals surface area contributed by atoms with Crippen LogP contribution in [0.25, 0.3) is 11.1 Å². The largest absolute Gasteiger partial charge is 0.492 e. The van der Waals surface area contributed by atoms with E-state index in [-0.39, 0.29) is 72.5 Å². The van der Waals surface area contributed by atoms with Crippen LogP contribution in [-0.4, -0.2) is 116 Å². The van der Waals surface area contributed by atoms with Crippen LogP contribution in [0.1, 0.15) is 65.4 Å². The van der Waals surface area contributed by atoms with E-state index in [2.05, 4.69) is 5.32 Å². The number of amides is 2. The number of hydrogen-bond donors (Lipinski definition) is 3. The zero-order valence-corrected chi connectivity index (χ0v) is 34.9. The highest BCUT2D eigenvalue weighted by molar-refractivity contribution is 7.92. The molecule has 6 rings (SSSR count). The number of hydrogen-bond acceptors (Lipinski definition) is 11. The van der Waals surface area contributed by atoms with Crippen LogP contribution in [0, 0.1) is 0 Å². The molecule has 2 saturated heterocycles. The second-order valence-corrected chi connectivity index (χ2v) is 20.2. The van der Waals surface area contributed by atoms with Crippen molar-refractivity contribution >= 4 is 32.0 Å². The van der Waals surface area contributed by atoms with Crippen LogP contribution in [0.2, 0.25) is 0 Å². The molecule has 2 amide bonds. The van der Waals surface area contributed by atoms with Crippen LogP contribution in [0.15, 0.2) is 76.5 Å². The first-order valence-corrected chi connectivity index (χ1v) is 22.5. The van der Waals surface area contributed by atoms with Gasteiger partial charge in [-0.15, -0.1) is 0 Å². The number of piperidine rings is 1. The number of aliphatic hydroxyl groups excluding tert-OH is 1. The Morgan fingerprint density at radius 1 is 0.983 bits per heavy atom. The van der Waals surface area contributed by atoms with Crippen LogP contribution in [-0.2, 0) is 35.9 Å². The number of alkyl carbamates (subject to hydrolysis) is 1. The molecule has 3 fully saturated rings. The van der Waals surface area contributed by atoms with E-state index < -0.39 is 55.4 Å². The summed E-state index contributed by atoms with van der Waals surface area (Å²) in [6.07, 6.45) is -0.717. The lowest BCUT2D eigenvalue weighted by Crippen LogP contribution is -2.48. The number of rotatable bonds is 15. The molecule has 2 unspecified atom stereocenters. The number of carbonyl (C=O) groups excluding carboxylic acids is 1. The fraction of sp³-hybridized carbons (Fsp3) is 0.512. The maximum absolute atomic E-state index is 14.2. The van der Waals surface area contributed by atoms with Crippen molar-refractivity contribution in [2.75, 3.05) is 39.5 Å². The van der Waals surface area contributed by atoms with E-state index in [4.69, 9.17) is 18.9 Å². The molecule has 3 aromatic rings. The van der Waals surface area contributed by atoms with E-state index in [1.54, 1.807) is 58.0 Å². The molecule has 3 aliphatic rings. The van der Waals surface area contributed by atoms with Crippen molar-refractivity contribution in [3.05, 3.63) is 72.3 Å². The standard InChI is InChI=1S/C41H53N3O12S2/c1-5-53-36-16-13-30(29-11-9-28(10-12-29)24-42-38(46)56-40(2,3)4)21-37(36)58(51,52)43-19-17-41(18-20-43)23-31(26-55-41)44(39(47)48)25-32(45)27-54-33-7-6-8-35(22-33)57(49,50)34-14-15-34/h6-13,16,21-22,31-32,34,45H,5,14-15,17-20,23-27H2,1-4H3,(H,42,46)(H,47,48). The number of carboxylic acid groups (broad SMARTS) is 1. The Kier molecular flexibility index (Phi) is 13.0. The lowest BCUT2D eigenvalue weighted by molar-refractivity contribution is -0.0319. The van der Waals surface area contributed by atoms with Crippen LogP contribution in [0.4, 0.5) is 9.59 Å². The molecule has 3 aromatic carbocycles. The molecule has 0 bridgehead atoms. The van der Waals surface area contributed by atoms with E-state index in [9.17, 15) is 36.6 Å². The molecule has 0 aromatic heterocycles. The predicted molar refractivity (Wildman–Crippen MR) is 214 cm³/mol. The molecule has 316 valence electrons. The van der Waals surface area contributed by atoms with Gasteiger partial charge < -0.3 is 39.4 Å². The Labute approximate surface area is 340 Å². The predicted octanol–water partition coefficient (Wildman–Crippen LogP) is 5.45. The van der Waals surface area contributed by atoms with E-state index in [1.165, 1.54) is 16.4 Å². The lowest BCUT2D eigenvalue weighted by atomic mass is 9.88. The van der Waals surface area contributed by atoms with Gasteiger partial charge in [0.05, 0.1) is 41.5 Å². The van der Waals surface area contributed by atoms with Crippen LogP contribution in [0.3, 0.4) is 0 Å². The Morgan fingerprint density at radius 2 is 1.67 bits per heavy atom. The summed E-state index contributed by atoms with van der Waals surface area (Å²) in [5, 5.41) is 23.3. The second kappa shape index (κ2) is 17.4. The Balaban J connectivity index is 1.06. The van der Waals surface area contributed by atoms with Crippen LogP contribution >= 0.6 is 0 Å². The third-order valence-electron chi connectivity index (χ3n) is 10.4. The number of carbonyl (C=O) groups is 2. The summed E-state index contributed by atoms with van der Waals surface area (Å²) in [5.74, 6) is 0.491. The molecular formula is C41H53N3O12S2. The smallest absolute Gasteiger partial charge is 0.407 e. The van der Waals surface area contributed by atoms with Crippen molar-refractivity contribution in [1.29, 1.82) is 0 Å². The zero-order chi connectivity index (χ0) is 41.9. The quantitative estimate of drug-likeness (QED) is 0.175. The molecule has 15 nitrogen and oxygen atoms in total. The molecule has 2 atom stereocenters. The monoisotopic (exact) mass is 843 g/mol. The molecule has 1 aliphatic carbocycles. The summed E-state index contributed by atoms with van der Waals surface area (Å²) in [5.41, 5.74) is 0.920. The third kappa shape index (κ3) is 10.4. The second-order valence-electron chi connectivity index (χ2n) is 16.0. The maximum Gasteiger partial charge on any atom is 0.407 e. The third-order valence-corrected chi connectivity index (χ3v) is 14.6. The molecular weight excluding hydrogens is 791 g/mol. The fourth-order valence-electron chi connectivity index (χ4n) is 7.28. The average Bonchev–Trinajstić information content (AvgIpc) is 3.98. The van der Waals surface area contributed by atoms with Crippen molar-refractivity contribution in [2.45, 2.75) is 105 Å². The topological polar surface area (TPSA) is 198 Å². The van der Waals surface area contributed by atoms with Gasteiger partial charge in [0.2, 0.25) is 10.0 Å². The number of nitrogens with one attached hydrogen (secondary N) is 1. The van der Waals surface area contributed by atoms with Gasteiger partial charge in [0.25, 0.3) is 0 Å². The van der Waals surface area contributed by atoms with E-state index in [0.717, 1.165) is 16.0 Å². The number of ether oxygens (including phenoxy) is 4. The van der Waals surface area contributed by atoms with Gasteiger partial charge in [-0.25, -0.2) is 26.4 Å². The lowest BCUT2D eigenvalue weighted by Gasteiger charge is -2.38. The van der Waals surface area contributed by atoms with Gasteiger partial charge in [0.1, 0.15) is 34.7 Å². The first-order valence-electron chi connectivity index (χ1n) is 19.5. The molecule has 0 radical (unpaired) electrons. The van der Waals surface area contributed by atoms with E-state index in [0.29, 0.717) is 37.7 Å². The van der Waals surface area contributed by atoms with Gasteiger partial charge >= 0.3 is 12.2 Å². The highest BCUT2D eigenvalue weighted by Gasteiger charge is 2.47. The molecule has 1 spiro atoms. The van der Waals surface area contributed by atoms with Crippen molar-refractivity contribution in [1.82, 2.24) is 14.5 Å². The number of aliphatic hydroxyl groups is 1. The fourth-order valence-corrected chi connectivity index (χ4v) is 10.6. The summed E-state index contributed by atoms with van der Waals surface area (Å²) < 4.78 is 78.1. The normalized spacial score (nSPS) is 19.0. The van der Waals surface area contributed by atoms with E-state index in [1.807, 2.05) is 24.3 Å². The van der Waals surface area contributed by atoms with Gasteiger partial charge in [0.15, 0.2) is 9.84 Å². The van der Waals surface area contributed by atoms with Gasteiger partial charge in [0, 0.05) is 19.6 Å². The first kappa shape index (κ1) is 43.2. The summed E-state index contributed by atoms with van der Waals surface area (Å²) in [6.45, 7) is 7.52. The van der Waals surface area contributed by atoms with Crippen molar-refractivity contribution < 1.29 is 55.6 Å². The van der Waals surface area contributed by atoms with Crippen molar-refractivity contribution in [2.24, 2.45) is 0 Å². The summed E-state index contributed by atoms with van der Waals surface area (Å²) in [4.78, 5) is 25.8. The SMILES string of the molecule is CCOc1ccc(-c2ccc(CNC(=O)OC(C)(C)C)cc2)cc1S(=O)(=O)N1CCC2(CC1)CC(N(CC(O)COc1cccc(S(=O)(=O)C3CC3)c1)C(=O)O)CO2. The molecule has 1 saturated carbocycles.